The summed E-state index contributed by atoms with van der Waals surface area (Å²) in [6.07, 6.45) is 0.285. The average molecular weight is 300 g/mol. The molecule has 0 fully saturated rings. The molecule has 2 rings (SSSR count). The lowest BCUT2D eigenvalue weighted by Gasteiger charge is -2.02. The molecular formula is C10H10BrN3OS. The van der Waals surface area contributed by atoms with Gasteiger partial charge in [-0.25, -0.2) is 0 Å². The lowest BCUT2D eigenvalue weighted by molar-refractivity contribution is -0.118. The Hall–Kier alpha value is -1.14. The monoisotopic (exact) mass is 299 g/mol. The number of carbonyl (C=O) groups excluding carboxylic acids is 1. The van der Waals surface area contributed by atoms with Crippen LogP contribution in [0.5, 0.6) is 0 Å². The van der Waals surface area contributed by atoms with Crippen molar-refractivity contribution in [1.82, 2.24) is 9.55 Å². The summed E-state index contributed by atoms with van der Waals surface area (Å²) in [5.41, 5.74) is 7.06. The lowest BCUT2D eigenvalue weighted by Crippen LogP contribution is -2.13. The summed E-state index contributed by atoms with van der Waals surface area (Å²) in [5, 5.41) is 0. The second-order valence-corrected chi connectivity index (χ2v) is 4.76. The normalized spacial score (nSPS) is 10.8. The van der Waals surface area contributed by atoms with Crippen molar-refractivity contribution in [1.29, 1.82) is 0 Å². The van der Waals surface area contributed by atoms with Crippen LogP contribution in [0.25, 0.3) is 11.0 Å². The minimum Gasteiger partial charge on any atom is -0.370 e. The van der Waals surface area contributed by atoms with Crippen LogP contribution >= 0.6 is 28.1 Å². The number of hydrogen-bond donors (Lipinski definition) is 2. The molecule has 84 valence electrons. The zero-order valence-corrected chi connectivity index (χ0v) is 10.8. The van der Waals surface area contributed by atoms with E-state index in [9.17, 15) is 4.79 Å². The van der Waals surface area contributed by atoms with Crippen LogP contribution in [0.15, 0.2) is 22.7 Å². The van der Waals surface area contributed by atoms with Crippen LogP contribution in [0.2, 0.25) is 0 Å². The number of benzene rings is 1. The molecule has 2 aromatic rings. The van der Waals surface area contributed by atoms with Gasteiger partial charge < -0.3 is 15.3 Å². The maximum Gasteiger partial charge on any atom is 0.219 e. The fourth-order valence-corrected chi connectivity index (χ4v) is 2.22. The Morgan fingerprint density at radius 1 is 1.56 bits per heavy atom. The Morgan fingerprint density at radius 3 is 3.00 bits per heavy atom. The predicted octanol–water partition coefficient (Wildman–Crippen LogP) is 2.34. The number of nitrogens with zero attached hydrogens (tertiary/aromatic N) is 1. The van der Waals surface area contributed by atoms with Crippen LogP contribution in [-0.4, -0.2) is 15.5 Å². The van der Waals surface area contributed by atoms with Gasteiger partial charge in [0.05, 0.1) is 11.0 Å². The van der Waals surface area contributed by atoms with E-state index in [0.717, 1.165) is 15.5 Å². The minimum atomic E-state index is -0.328. The number of halogens is 1. The van der Waals surface area contributed by atoms with Crippen molar-refractivity contribution in [3.05, 3.63) is 27.4 Å². The second kappa shape index (κ2) is 4.39. The SMILES string of the molecule is NC(=O)CCn1c(=S)[nH]c2ccc(Br)cc21. The van der Waals surface area contributed by atoms with Gasteiger partial charge in [-0.2, -0.15) is 0 Å². The van der Waals surface area contributed by atoms with Crippen molar-refractivity contribution >= 4 is 45.1 Å². The molecule has 0 aliphatic rings. The topological polar surface area (TPSA) is 63.8 Å². The van der Waals surface area contributed by atoms with E-state index in [1.54, 1.807) is 0 Å². The van der Waals surface area contributed by atoms with Gasteiger partial charge in [0.25, 0.3) is 0 Å². The number of rotatable bonds is 3. The van der Waals surface area contributed by atoms with Gasteiger partial charge >= 0.3 is 0 Å². The van der Waals surface area contributed by atoms with Crippen molar-refractivity contribution in [2.75, 3.05) is 0 Å². The van der Waals surface area contributed by atoms with Crippen LogP contribution in [0.4, 0.5) is 0 Å². The molecule has 16 heavy (non-hydrogen) atoms. The van der Waals surface area contributed by atoms with Crippen molar-refractivity contribution in [3.8, 4) is 0 Å². The highest BCUT2D eigenvalue weighted by molar-refractivity contribution is 9.10. The first-order chi connectivity index (χ1) is 7.58. The molecule has 3 N–H and O–H groups in total. The Kier molecular flexibility index (Phi) is 3.11. The third-order valence-corrected chi connectivity index (χ3v) is 3.13. The van der Waals surface area contributed by atoms with Gasteiger partial charge in [0.1, 0.15) is 0 Å². The number of aromatic nitrogens is 2. The minimum absolute atomic E-state index is 0.285. The lowest BCUT2D eigenvalue weighted by atomic mass is 10.3. The highest BCUT2D eigenvalue weighted by Gasteiger charge is 2.05. The van der Waals surface area contributed by atoms with Crippen LogP contribution in [0.3, 0.4) is 0 Å². The van der Waals surface area contributed by atoms with Gasteiger partial charge in [0, 0.05) is 17.4 Å². The number of nitrogens with one attached hydrogen (secondary N) is 1. The summed E-state index contributed by atoms with van der Waals surface area (Å²) < 4.78 is 3.45. The fourth-order valence-electron chi connectivity index (χ4n) is 1.57. The third-order valence-electron chi connectivity index (χ3n) is 2.32. The average Bonchev–Trinajstić information content (AvgIpc) is 2.51. The van der Waals surface area contributed by atoms with E-state index in [1.807, 2.05) is 22.8 Å². The summed E-state index contributed by atoms with van der Waals surface area (Å²) in [4.78, 5) is 13.8. The van der Waals surface area contributed by atoms with Crippen molar-refractivity contribution in [2.45, 2.75) is 13.0 Å². The standard InChI is InChI=1S/C10H10BrN3OS/c11-6-1-2-7-8(5-6)14(10(16)13-7)4-3-9(12)15/h1-2,5H,3-4H2,(H2,12,15)(H,13,16). The molecule has 0 radical (unpaired) electrons. The molecule has 6 heteroatoms. The highest BCUT2D eigenvalue weighted by Crippen LogP contribution is 2.19. The molecule has 1 amide bonds. The first-order valence-electron chi connectivity index (χ1n) is 4.74. The van der Waals surface area contributed by atoms with Gasteiger partial charge in [-0.1, -0.05) is 15.9 Å². The number of fused-ring (bicyclic) bond motifs is 1. The van der Waals surface area contributed by atoms with Crippen molar-refractivity contribution in [3.63, 3.8) is 0 Å². The van der Waals surface area contributed by atoms with Crippen LogP contribution in [0.1, 0.15) is 6.42 Å². The van der Waals surface area contributed by atoms with Crippen molar-refractivity contribution < 1.29 is 4.79 Å². The Balaban J connectivity index is 2.50. The largest absolute Gasteiger partial charge is 0.370 e. The van der Waals surface area contributed by atoms with E-state index in [4.69, 9.17) is 18.0 Å². The molecule has 0 atom stereocenters. The van der Waals surface area contributed by atoms with E-state index in [2.05, 4.69) is 20.9 Å². The summed E-state index contributed by atoms with van der Waals surface area (Å²) >= 11 is 8.59. The van der Waals surface area contributed by atoms with Gasteiger partial charge in [-0.15, -0.1) is 0 Å². The molecule has 0 aliphatic carbocycles. The molecule has 1 heterocycles. The number of aryl methyl sites for hydroxylation is 1. The predicted molar refractivity (Wildman–Crippen MR) is 68.6 cm³/mol. The summed E-state index contributed by atoms with van der Waals surface area (Å²) in [5.74, 6) is -0.328. The molecule has 0 bridgehead atoms. The number of H-pyrrole nitrogens is 1. The van der Waals surface area contributed by atoms with E-state index in [0.29, 0.717) is 11.3 Å². The van der Waals surface area contributed by atoms with Gasteiger partial charge in [0.15, 0.2) is 4.77 Å². The maximum absolute atomic E-state index is 10.8. The molecule has 0 saturated heterocycles. The quantitative estimate of drug-likeness (QED) is 0.855. The summed E-state index contributed by atoms with van der Waals surface area (Å²) in [6.45, 7) is 0.505. The molecule has 4 nitrogen and oxygen atoms in total. The molecule has 1 aromatic heterocycles. The Labute approximate surface area is 106 Å². The number of aromatic amines is 1. The van der Waals surface area contributed by atoms with E-state index >= 15 is 0 Å². The number of nitrogens with two attached hydrogens (primary N) is 1. The first-order valence-corrected chi connectivity index (χ1v) is 5.94. The zero-order valence-electron chi connectivity index (χ0n) is 8.37. The number of carbonyl (C=O) groups is 1. The van der Waals surface area contributed by atoms with E-state index in [-0.39, 0.29) is 12.3 Å². The van der Waals surface area contributed by atoms with Gasteiger partial charge in [0.2, 0.25) is 5.91 Å². The molecule has 0 saturated carbocycles. The van der Waals surface area contributed by atoms with E-state index < -0.39 is 0 Å². The Morgan fingerprint density at radius 2 is 2.31 bits per heavy atom. The maximum atomic E-state index is 10.8. The molecule has 0 spiro atoms. The summed E-state index contributed by atoms with van der Waals surface area (Å²) in [7, 11) is 0. The molecule has 0 unspecified atom stereocenters. The Bertz CT molecular complexity index is 602. The van der Waals surface area contributed by atoms with Crippen LogP contribution in [-0.2, 0) is 11.3 Å². The number of amides is 1. The van der Waals surface area contributed by atoms with Crippen molar-refractivity contribution in [2.24, 2.45) is 5.73 Å². The van der Waals surface area contributed by atoms with Crippen LogP contribution in [0, 0.1) is 4.77 Å². The molecular weight excluding hydrogens is 290 g/mol. The summed E-state index contributed by atoms with van der Waals surface area (Å²) in [6, 6.07) is 5.84. The van der Waals surface area contributed by atoms with E-state index in [1.165, 1.54) is 0 Å². The fraction of sp³-hybridized carbons (Fsp3) is 0.200. The number of hydrogen-bond acceptors (Lipinski definition) is 2. The molecule has 0 aliphatic heterocycles. The number of primary amides is 1. The first kappa shape index (κ1) is 11.3. The third kappa shape index (κ3) is 2.17. The number of imidazole rings is 1. The van der Waals surface area contributed by atoms with Crippen LogP contribution < -0.4 is 5.73 Å². The zero-order chi connectivity index (χ0) is 11.7. The second-order valence-electron chi connectivity index (χ2n) is 3.46. The molecule has 1 aromatic carbocycles. The highest BCUT2D eigenvalue weighted by atomic mass is 79.9. The smallest absolute Gasteiger partial charge is 0.219 e. The van der Waals surface area contributed by atoms with Gasteiger partial charge in [-0.05, 0) is 30.4 Å². The van der Waals surface area contributed by atoms with Gasteiger partial charge in [-0.3, -0.25) is 4.79 Å².